The first kappa shape index (κ1) is 11.7. The summed E-state index contributed by atoms with van der Waals surface area (Å²) in [6.45, 7) is 1.60. The fourth-order valence-electron chi connectivity index (χ4n) is 2.15. The Hall–Kier alpha value is -2.37. The van der Waals surface area contributed by atoms with Gasteiger partial charge in [-0.1, -0.05) is 0 Å². The molecular weight excluding hydrogens is 240 g/mol. The van der Waals surface area contributed by atoms with Crippen molar-refractivity contribution >= 4 is 0 Å². The molecule has 6 heteroatoms. The first-order chi connectivity index (χ1) is 9.19. The van der Waals surface area contributed by atoms with E-state index in [0.717, 1.165) is 24.5 Å². The first-order valence-electron chi connectivity index (χ1n) is 6.24. The van der Waals surface area contributed by atoms with E-state index in [1.165, 1.54) is 0 Å². The number of aryl methyl sites for hydroxylation is 2. The van der Waals surface area contributed by atoms with Crippen LogP contribution in [0.25, 0.3) is 0 Å². The normalized spacial score (nSPS) is 11.1. The first-order valence-corrected chi connectivity index (χ1v) is 6.24. The van der Waals surface area contributed by atoms with Crippen molar-refractivity contribution in [3.05, 3.63) is 54.9 Å². The molecule has 0 saturated heterocycles. The van der Waals surface area contributed by atoms with Gasteiger partial charge in [0.25, 0.3) is 0 Å². The number of rotatable bonds is 4. The van der Waals surface area contributed by atoms with Gasteiger partial charge in [-0.15, -0.1) is 0 Å². The van der Waals surface area contributed by atoms with Crippen molar-refractivity contribution in [3.63, 3.8) is 0 Å². The van der Waals surface area contributed by atoms with Gasteiger partial charge in [-0.25, -0.2) is 18.3 Å². The SMILES string of the molecule is C[n+]1ccn(Cc2cc(Cn3cc[n+](C)c3)[nH]n2)c1. The number of nitrogens with one attached hydrogen (secondary N) is 1. The van der Waals surface area contributed by atoms with Gasteiger partial charge in [-0.2, -0.15) is 5.10 Å². The van der Waals surface area contributed by atoms with Gasteiger partial charge >= 0.3 is 0 Å². The summed E-state index contributed by atoms with van der Waals surface area (Å²) in [4.78, 5) is 0. The molecule has 1 N–H and O–H groups in total. The molecule has 0 aliphatic heterocycles. The number of H-pyrrole nitrogens is 1. The van der Waals surface area contributed by atoms with Crippen molar-refractivity contribution in [1.82, 2.24) is 19.3 Å². The lowest BCUT2D eigenvalue weighted by Crippen LogP contribution is -2.23. The lowest BCUT2D eigenvalue weighted by Gasteiger charge is -1.91. The molecule has 0 aliphatic carbocycles. The fourth-order valence-corrected chi connectivity index (χ4v) is 2.15. The lowest BCUT2D eigenvalue weighted by molar-refractivity contribution is -0.671. The fraction of sp³-hybridized carbons (Fsp3) is 0.308. The lowest BCUT2D eigenvalue weighted by atomic mass is 10.3. The smallest absolute Gasteiger partial charge is 0.243 e. The van der Waals surface area contributed by atoms with Gasteiger partial charge in [-0.05, 0) is 6.07 Å². The summed E-state index contributed by atoms with van der Waals surface area (Å²) < 4.78 is 8.27. The van der Waals surface area contributed by atoms with Crippen LogP contribution in [0.3, 0.4) is 0 Å². The van der Waals surface area contributed by atoms with Crippen molar-refractivity contribution in [2.24, 2.45) is 14.1 Å². The predicted molar refractivity (Wildman–Crippen MR) is 68.0 cm³/mol. The van der Waals surface area contributed by atoms with Crippen molar-refractivity contribution in [1.29, 1.82) is 0 Å². The molecule has 0 aliphatic rings. The van der Waals surface area contributed by atoms with Gasteiger partial charge in [0.05, 0.1) is 19.8 Å². The largest absolute Gasteiger partial charge is 0.278 e. The molecule has 0 atom stereocenters. The van der Waals surface area contributed by atoms with E-state index in [4.69, 9.17) is 0 Å². The van der Waals surface area contributed by atoms with Crippen LogP contribution in [-0.4, -0.2) is 19.3 Å². The molecule has 0 amide bonds. The highest BCUT2D eigenvalue weighted by Crippen LogP contribution is 2.03. The summed E-state index contributed by atoms with van der Waals surface area (Å²) >= 11 is 0. The van der Waals surface area contributed by atoms with Gasteiger partial charge in [0, 0.05) is 0 Å². The molecule has 0 bridgehead atoms. The van der Waals surface area contributed by atoms with E-state index in [9.17, 15) is 0 Å². The van der Waals surface area contributed by atoms with Crippen LogP contribution in [0.1, 0.15) is 11.4 Å². The van der Waals surface area contributed by atoms with Crippen LogP contribution in [0, 0.1) is 0 Å². The van der Waals surface area contributed by atoms with Gasteiger partial charge in [0.1, 0.15) is 43.6 Å². The Bertz CT molecular complexity index is 618. The third-order valence-electron chi connectivity index (χ3n) is 3.03. The average molecular weight is 258 g/mol. The average Bonchev–Trinajstić information content (AvgIpc) is 3.05. The Morgan fingerprint density at radius 3 is 2.26 bits per heavy atom. The summed E-state index contributed by atoms with van der Waals surface area (Å²) in [7, 11) is 4.03. The molecule has 6 nitrogen and oxygen atoms in total. The second-order valence-corrected chi connectivity index (χ2v) is 4.89. The highest BCUT2D eigenvalue weighted by molar-refractivity contribution is 5.09. The predicted octanol–water partition coefficient (Wildman–Crippen LogP) is -0.242. The van der Waals surface area contributed by atoms with Gasteiger partial charge in [-0.3, -0.25) is 5.10 Å². The molecule has 0 unspecified atom stereocenters. The van der Waals surface area contributed by atoms with E-state index in [2.05, 4.69) is 25.4 Å². The van der Waals surface area contributed by atoms with E-state index in [1.54, 1.807) is 0 Å². The zero-order valence-corrected chi connectivity index (χ0v) is 11.2. The van der Waals surface area contributed by atoms with Crippen LogP contribution in [0.4, 0.5) is 0 Å². The minimum atomic E-state index is 0.788. The quantitative estimate of drug-likeness (QED) is 0.645. The van der Waals surface area contributed by atoms with Crippen LogP contribution in [0.2, 0.25) is 0 Å². The molecule has 98 valence electrons. The highest BCUT2D eigenvalue weighted by atomic mass is 15.2. The Kier molecular flexibility index (Phi) is 2.91. The standard InChI is InChI=1S/C13H18N6/c1-16-3-5-18(10-16)8-12-7-13(15-14-12)9-19-6-4-17(2)11-19/h3-7,10-11H,8-9H2,1-2H3,(H,14,15)/q+2. The Morgan fingerprint density at radius 2 is 1.68 bits per heavy atom. The molecule has 0 saturated carbocycles. The van der Waals surface area contributed by atoms with E-state index >= 15 is 0 Å². The van der Waals surface area contributed by atoms with Crippen LogP contribution >= 0.6 is 0 Å². The number of aromatic nitrogens is 6. The van der Waals surface area contributed by atoms with Crippen LogP contribution in [-0.2, 0) is 27.2 Å². The summed E-state index contributed by atoms with van der Waals surface area (Å²) in [6.07, 6.45) is 12.2. The van der Waals surface area contributed by atoms with E-state index in [1.807, 2.05) is 60.7 Å². The topological polar surface area (TPSA) is 46.3 Å². The van der Waals surface area contributed by atoms with Crippen molar-refractivity contribution in [2.45, 2.75) is 13.1 Å². The summed E-state index contributed by atoms with van der Waals surface area (Å²) in [5.74, 6) is 0. The molecule has 3 aromatic rings. The number of aromatic amines is 1. The zero-order chi connectivity index (χ0) is 13.2. The molecule has 19 heavy (non-hydrogen) atoms. The number of hydrogen-bond donors (Lipinski definition) is 1. The second kappa shape index (κ2) is 4.72. The Labute approximate surface area is 111 Å². The Morgan fingerprint density at radius 1 is 1.05 bits per heavy atom. The second-order valence-electron chi connectivity index (χ2n) is 4.89. The van der Waals surface area contributed by atoms with E-state index < -0.39 is 0 Å². The molecule has 3 aromatic heterocycles. The third-order valence-corrected chi connectivity index (χ3v) is 3.03. The van der Waals surface area contributed by atoms with Crippen molar-refractivity contribution in [2.75, 3.05) is 0 Å². The highest BCUT2D eigenvalue weighted by Gasteiger charge is 2.08. The summed E-state index contributed by atoms with van der Waals surface area (Å²) in [5.41, 5.74) is 2.16. The minimum absolute atomic E-state index is 0.788. The molecule has 3 rings (SSSR count). The number of hydrogen-bond acceptors (Lipinski definition) is 1. The Balaban J connectivity index is 1.69. The number of nitrogens with zero attached hydrogens (tertiary/aromatic N) is 5. The van der Waals surface area contributed by atoms with E-state index in [-0.39, 0.29) is 0 Å². The van der Waals surface area contributed by atoms with E-state index in [0.29, 0.717) is 0 Å². The van der Waals surface area contributed by atoms with Crippen LogP contribution in [0.5, 0.6) is 0 Å². The van der Waals surface area contributed by atoms with Crippen molar-refractivity contribution in [3.8, 4) is 0 Å². The minimum Gasteiger partial charge on any atom is -0.278 e. The monoisotopic (exact) mass is 258 g/mol. The molecule has 0 spiro atoms. The summed E-state index contributed by atoms with van der Waals surface area (Å²) in [6, 6.07) is 2.11. The molecular formula is C13H18N6+2. The summed E-state index contributed by atoms with van der Waals surface area (Å²) in [5, 5.41) is 7.44. The zero-order valence-electron chi connectivity index (χ0n) is 11.2. The maximum absolute atomic E-state index is 4.35. The molecule has 3 heterocycles. The maximum Gasteiger partial charge on any atom is 0.243 e. The molecule has 0 radical (unpaired) electrons. The van der Waals surface area contributed by atoms with Gasteiger partial charge in [0.2, 0.25) is 12.7 Å². The maximum atomic E-state index is 4.35. The third kappa shape index (κ3) is 2.73. The number of imidazole rings is 2. The van der Waals surface area contributed by atoms with Gasteiger partial charge < -0.3 is 0 Å². The van der Waals surface area contributed by atoms with Crippen molar-refractivity contribution < 1.29 is 9.13 Å². The van der Waals surface area contributed by atoms with Crippen LogP contribution in [0.15, 0.2) is 43.5 Å². The molecule has 0 fully saturated rings. The molecule has 0 aromatic carbocycles. The van der Waals surface area contributed by atoms with Crippen LogP contribution < -0.4 is 9.13 Å². The van der Waals surface area contributed by atoms with Gasteiger partial charge in [0.15, 0.2) is 0 Å².